The number of hydrogen-bond acceptors (Lipinski definition) is 4. The minimum atomic E-state index is -1.66. The summed E-state index contributed by atoms with van der Waals surface area (Å²) >= 11 is 0. The van der Waals surface area contributed by atoms with Gasteiger partial charge in [-0.15, -0.1) is 0 Å². The van der Waals surface area contributed by atoms with Crippen LogP contribution < -0.4 is 5.19 Å². The largest absolute Gasteiger partial charge is 0.425 e. The Kier molecular flexibility index (Phi) is 4.27. The number of rotatable bonds is 1. The summed E-state index contributed by atoms with van der Waals surface area (Å²) < 4.78 is 22.1. The first-order valence-corrected chi connectivity index (χ1v) is 9.39. The molecule has 1 aliphatic heterocycles. The van der Waals surface area contributed by atoms with Gasteiger partial charge in [0, 0.05) is 0 Å². The molecule has 1 saturated heterocycles. The van der Waals surface area contributed by atoms with Gasteiger partial charge in [-0.2, -0.15) is 0 Å². The van der Waals surface area contributed by atoms with Gasteiger partial charge in [0.15, 0.2) is 0 Å². The lowest BCUT2D eigenvalue weighted by Crippen LogP contribution is -2.42. The van der Waals surface area contributed by atoms with Crippen molar-refractivity contribution in [2.24, 2.45) is 0 Å². The van der Waals surface area contributed by atoms with Crippen LogP contribution in [0.15, 0.2) is 30.3 Å². The summed E-state index contributed by atoms with van der Waals surface area (Å²) in [6.07, 6.45) is 0. The van der Waals surface area contributed by atoms with E-state index in [4.69, 9.17) is 16.5 Å². The van der Waals surface area contributed by atoms with Crippen LogP contribution in [0.4, 0.5) is 0 Å². The predicted molar refractivity (Wildman–Crippen MR) is 63.2 cm³/mol. The molecule has 0 saturated carbocycles. The SMILES string of the molecule is c1ccc([SiH]2O[SiH2]O[SiH2]O[SiH2]O2)cc1. The number of benzene rings is 1. The molecule has 0 spiro atoms. The summed E-state index contributed by atoms with van der Waals surface area (Å²) in [6, 6.07) is 10.1. The van der Waals surface area contributed by atoms with Gasteiger partial charge in [-0.1, -0.05) is 30.3 Å². The van der Waals surface area contributed by atoms with Gasteiger partial charge in [0.05, 0.1) is 0 Å². The highest BCUT2D eigenvalue weighted by Crippen LogP contribution is 1.94. The van der Waals surface area contributed by atoms with Gasteiger partial charge in [-0.05, 0) is 5.19 Å². The quantitative estimate of drug-likeness (QED) is 0.511. The van der Waals surface area contributed by atoms with E-state index in [0.717, 1.165) is 0 Å². The van der Waals surface area contributed by atoms with Crippen LogP contribution in [0.5, 0.6) is 0 Å². The molecule has 1 aliphatic rings. The zero-order valence-electron chi connectivity index (χ0n) is 7.72. The lowest BCUT2D eigenvalue weighted by atomic mass is 10.4. The summed E-state index contributed by atoms with van der Waals surface area (Å²) in [4.78, 5) is 0. The zero-order valence-corrected chi connectivity index (χ0v) is 13.1. The van der Waals surface area contributed by atoms with Crippen LogP contribution in [0.2, 0.25) is 0 Å². The Labute approximate surface area is 91.6 Å². The summed E-state index contributed by atoms with van der Waals surface area (Å²) in [5.41, 5.74) is 0. The lowest BCUT2D eigenvalue weighted by Gasteiger charge is -2.20. The Bertz CT molecular complexity index is 264. The van der Waals surface area contributed by atoms with Crippen LogP contribution >= 0.6 is 0 Å². The first-order valence-electron chi connectivity index (χ1n) is 4.40. The molecule has 2 rings (SSSR count). The van der Waals surface area contributed by atoms with Crippen LogP contribution in [-0.4, -0.2) is 39.3 Å². The molecule has 1 heterocycles. The highest BCUT2D eigenvalue weighted by atomic mass is 28.4. The number of hydrogen-bond donors (Lipinski definition) is 0. The molecular weight excluding hydrogens is 248 g/mol. The summed E-state index contributed by atoms with van der Waals surface area (Å²) in [5.74, 6) is 0. The molecule has 0 bridgehead atoms. The van der Waals surface area contributed by atoms with Crippen LogP contribution in [0, 0.1) is 0 Å². The third kappa shape index (κ3) is 2.96. The molecule has 0 radical (unpaired) electrons. The van der Waals surface area contributed by atoms with Crippen molar-refractivity contribution in [1.82, 2.24) is 0 Å². The van der Waals surface area contributed by atoms with Crippen molar-refractivity contribution in [2.75, 3.05) is 0 Å². The maximum absolute atomic E-state index is 5.69. The second-order valence-electron chi connectivity index (χ2n) is 2.84. The zero-order chi connectivity index (χ0) is 9.64. The Hall–Kier alpha value is -0.0725. The molecule has 0 N–H and O–H groups in total. The van der Waals surface area contributed by atoms with Crippen molar-refractivity contribution in [3.8, 4) is 0 Å². The van der Waals surface area contributed by atoms with E-state index in [9.17, 15) is 0 Å². The van der Waals surface area contributed by atoms with Crippen molar-refractivity contribution < 1.29 is 16.5 Å². The van der Waals surface area contributed by atoms with Crippen LogP contribution in [-0.2, 0) is 16.5 Å². The molecule has 1 aromatic carbocycles. The van der Waals surface area contributed by atoms with Gasteiger partial charge < -0.3 is 16.5 Å². The van der Waals surface area contributed by atoms with E-state index in [1.807, 2.05) is 18.2 Å². The predicted octanol–water partition coefficient (Wildman–Crippen LogP) is -2.81. The molecular formula is C6H12O4Si4. The molecule has 1 fully saturated rings. The minimum absolute atomic E-state index is 0.755. The maximum atomic E-state index is 5.69. The topological polar surface area (TPSA) is 36.9 Å². The third-order valence-corrected chi connectivity index (χ3v) is 8.95. The smallest absolute Gasteiger partial charge is 0.337 e. The minimum Gasteiger partial charge on any atom is -0.425 e. The maximum Gasteiger partial charge on any atom is 0.337 e. The van der Waals surface area contributed by atoms with Crippen molar-refractivity contribution in [2.45, 2.75) is 0 Å². The summed E-state index contributed by atoms with van der Waals surface area (Å²) in [6.45, 7) is 0. The fourth-order valence-corrected chi connectivity index (χ4v) is 10.1. The van der Waals surface area contributed by atoms with Gasteiger partial charge in [0.2, 0.25) is 0 Å². The van der Waals surface area contributed by atoms with Crippen molar-refractivity contribution in [1.29, 1.82) is 0 Å². The molecule has 14 heavy (non-hydrogen) atoms. The Morgan fingerprint density at radius 3 is 2.14 bits per heavy atom. The Morgan fingerprint density at radius 1 is 0.857 bits per heavy atom. The molecule has 0 amide bonds. The fourth-order valence-electron chi connectivity index (χ4n) is 1.20. The van der Waals surface area contributed by atoms with Gasteiger partial charge in [0.25, 0.3) is 30.0 Å². The second-order valence-corrected chi connectivity index (χ2v) is 10.8. The van der Waals surface area contributed by atoms with Gasteiger partial charge in [0.1, 0.15) is 0 Å². The monoisotopic (exact) mass is 260 g/mol. The highest BCUT2D eigenvalue weighted by molar-refractivity contribution is 6.70. The van der Waals surface area contributed by atoms with E-state index < -0.39 is 39.3 Å². The lowest BCUT2D eigenvalue weighted by molar-refractivity contribution is 0.337. The van der Waals surface area contributed by atoms with Crippen LogP contribution in [0.1, 0.15) is 0 Å². The average Bonchev–Trinajstić information content (AvgIpc) is 2.18. The standard InChI is InChI=1S/C6H12O4Si4/c1-2-4-6(5-3-1)14-9-12-7-11-8-13-10-14/h1-5,14H,11-13H2. The summed E-state index contributed by atoms with van der Waals surface area (Å²) in [7, 11) is -4.11. The van der Waals surface area contributed by atoms with E-state index >= 15 is 0 Å². The Balaban J connectivity index is 2.01. The molecule has 8 heteroatoms. The molecule has 4 nitrogen and oxygen atoms in total. The van der Waals surface area contributed by atoms with E-state index in [1.165, 1.54) is 5.19 Å². The molecule has 0 atom stereocenters. The molecule has 76 valence electrons. The molecule has 0 aliphatic carbocycles. The highest BCUT2D eigenvalue weighted by Gasteiger charge is 2.17. The van der Waals surface area contributed by atoms with E-state index in [-0.39, 0.29) is 0 Å². The first kappa shape index (κ1) is 10.4. The van der Waals surface area contributed by atoms with Gasteiger partial charge >= 0.3 is 9.28 Å². The van der Waals surface area contributed by atoms with Gasteiger partial charge in [-0.25, -0.2) is 0 Å². The van der Waals surface area contributed by atoms with Crippen LogP contribution in [0.25, 0.3) is 0 Å². The third-order valence-electron chi connectivity index (χ3n) is 1.84. The van der Waals surface area contributed by atoms with Crippen molar-refractivity contribution >= 4 is 44.5 Å². The second kappa shape index (κ2) is 5.72. The van der Waals surface area contributed by atoms with Gasteiger partial charge in [-0.3, -0.25) is 0 Å². The fraction of sp³-hybridized carbons (Fsp3) is 0. The van der Waals surface area contributed by atoms with E-state index in [2.05, 4.69) is 12.1 Å². The first-order chi connectivity index (χ1) is 6.97. The molecule has 0 aromatic heterocycles. The van der Waals surface area contributed by atoms with E-state index in [0.29, 0.717) is 0 Å². The molecule has 0 unspecified atom stereocenters. The van der Waals surface area contributed by atoms with Crippen LogP contribution in [0.3, 0.4) is 0 Å². The normalized spacial score (nSPS) is 29.0. The van der Waals surface area contributed by atoms with Crippen molar-refractivity contribution in [3.05, 3.63) is 30.3 Å². The van der Waals surface area contributed by atoms with E-state index in [1.54, 1.807) is 0 Å². The van der Waals surface area contributed by atoms with Crippen molar-refractivity contribution in [3.63, 3.8) is 0 Å². The average molecular weight is 261 g/mol. The summed E-state index contributed by atoms with van der Waals surface area (Å²) in [5, 5.41) is 1.18. The molecule has 1 aromatic rings. The Morgan fingerprint density at radius 2 is 1.50 bits per heavy atom.